The summed E-state index contributed by atoms with van der Waals surface area (Å²) >= 11 is 0. The quantitative estimate of drug-likeness (QED) is 0.676. The predicted molar refractivity (Wildman–Crippen MR) is 100 cm³/mol. The zero-order chi connectivity index (χ0) is 19.1. The Morgan fingerprint density at radius 1 is 1.11 bits per heavy atom. The second-order valence-corrected chi connectivity index (χ2v) is 9.39. The van der Waals surface area contributed by atoms with Gasteiger partial charge in [-0.15, -0.1) is 0 Å². The third-order valence-corrected chi connectivity index (χ3v) is 7.37. The van der Waals surface area contributed by atoms with Crippen LogP contribution in [0.4, 0.5) is 0 Å². The van der Waals surface area contributed by atoms with Crippen molar-refractivity contribution in [3.05, 3.63) is 48.0 Å². The molecule has 2 aliphatic rings. The molecule has 28 heavy (non-hydrogen) atoms. The van der Waals surface area contributed by atoms with Crippen molar-refractivity contribution in [2.45, 2.75) is 41.6 Å². The third kappa shape index (κ3) is 3.30. The summed E-state index contributed by atoms with van der Waals surface area (Å²) in [5.41, 5.74) is 1.92. The number of aromatic amines is 1. The minimum absolute atomic E-state index is 0.0472. The fourth-order valence-electron chi connectivity index (χ4n) is 3.40. The zero-order valence-electron chi connectivity index (χ0n) is 15.1. The van der Waals surface area contributed by atoms with Crippen molar-refractivity contribution in [1.29, 1.82) is 0 Å². The van der Waals surface area contributed by atoms with E-state index in [0.29, 0.717) is 35.2 Å². The van der Waals surface area contributed by atoms with Gasteiger partial charge in [-0.05, 0) is 37.0 Å². The number of hydrogen-bond donors (Lipinski definition) is 1. The number of fused-ring (bicyclic) bond motifs is 1. The van der Waals surface area contributed by atoms with Gasteiger partial charge < -0.3 is 14.5 Å². The van der Waals surface area contributed by atoms with Crippen molar-refractivity contribution < 1.29 is 17.9 Å². The van der Waals surface area contributed by atoms with E-state index in [4.69, 9.17) is 9.47 Å². The Morgan fingerprint density at radius 2 is 1.89 bits per heavy atom. The molecule has 1 saturated heterocycles. The van der Waals surface area contributed by atoms with Crippen LogP contribution in [-0.4, -0.2) is 52.9 Å². The van der Waals surface area contributed by atoms with Crippen LogP contribution in [0.15, 0.2) is 41.6 Å². The first-order chi connectivity index (χ1) is 13.6. The van der Waals surface area contributed by atoms with Gasteiger partial charge in [-0.2, -0.15) is 0 Å². The van der Waals surface area contributed by atoms with Crippen LogP contribution in [0.1, 0.15) is 36.8 Å². The van der Waals surface area contributed by atoms with E-state index in [1.54, 1.807) is 36.7 Å². The van der Waals surface area contributed by atoms with Crippen molar-refractivity contribution >= 4 is 21.1 Å². The summed E-state index contributed by atoms with van der Waals surface area (Å²) in [5, 5.41) is -0.228. The summed E-state index contributed by atoms with van der Waals surface area (Å²) in [7, 11) is -3.22. The molecule has 2 unspecified atom stereocenters. The monoisotopic (exact) mass is 400 g/mol. The number of imidazole rings is 1. The summed E-state index contributed by atoms with van der Waals surface area (Å²) < 4.78 is 36.6. The summed E-state index contributed by atoms with van der Waals surface area (Å²) in [6.45, 7) is 1.20. The molecule has 2 atom stereocenters. The lowest BCUT2D eigenvalue weighted by atomic mass is 10.1. The highest BCUT2D eigenvalue weighted by Gasteiger charge is 2.37. The smallest absolute Gasteiger partial charge is 0.197 e. The number of nitrogens with one attached hydrogen (secondary N) is 1. The normalized spacial score (nSPS) is 21.2. The Morgan fingerprint density at radius 3 is 2.57 bits per heavy atom. The van der Waals surface area contributed by atoms with Gasteiger partial charge in [-0.25, -0.2) is 23.4 Å². The lowest BCUT2D eigenvalue weighted by Crippen LogP contribution is -2.19. The molecular weight excluding hydrogens is 380 g/mol. The van der Waals surface area contributed by atoms with Gasteiger partial charge in [0, 0.05) is 19.0 Å². The van der Waals surface area contributed by atoms with E-state index < -0.39 is 15.9 Å². The van der Waals surface area contributed by atoms with Crippen LogP contribution in [0.3, 0.4) is 0 Å². The van der Waals surface area contributed by atoms with Gasteiger partial charge in [-0.1, -0.05) is 12.1 Å². The molecule has 8 nitrogen and oxygen atoms in total. The molecule has 0 radical (unpaired) electrons. The maximum Gasteiger partial charge on any atom is 0.197 e. The standard InChI is InChI=1S/C19H20N4O4S/c24-28(25,15-5-6-15)14-3-1-12(2-4-14)16(27-13-7-10-26-11-13)17-22-18-19(23-17)21-9-8-20-18/h1-4,8-9,13,15-16H,5-7,10-11H2,(H,20,21,22,23). The molecule has 1 aliphatic carbocycles. The van der Waals surface area contributed by atoms with E-state index in [-0.39, 0.29) is 11.4 Å². The molecular formula is C19H20N4O4S. The molecule has 1 aliphatic heterocycles. The van der Waals surface area contributed by atoms with Crippen LogP contribution in [0, 0.1) is 0 Å². The number of benzene rings is 1. The Balaban J connectivity index is 1.50. The third-order valence-electron chi connectivity index (χ3n) is 5.09. The highest BCUT2D eigenvalue weighted by molar-refractivity contribution is 7.92. The summed E-state index contributed by atoms with van der Waals surface area (Å²) in [4.78, 5) is 16.5. The van der Waals surface area contributed by atoms with E-state index in [2.05, 4.69) is 19.9 Å². The first-order valence-electron chi connectivity index (χ1n) is 9.35. The number of sulfone groups is 1. The highest BCUT2D eigenvalue weighted by atomic mass is 32.2. The van der Waals surface area contributed by atoms with Crippen molar-refractivity contribution in [1.82, 2.24) is 19.9 Å². The zero-order valence-corrected chi connectivity index (χ0v) is 15.9. The average molecular weight is 400 g/mol. The molecule has 2 aromatic heterocycles. The highest BCUT2D eigenvalue weighted by Crippen LogP contribution is 2.35. The molecule has 0 amide bonds. The van der Waals surface area contributed by atoms with Crippen molar-refractivity contribution in [3.8, 4) is 0 Å². The van der Waals surface area contributed by atoms with Gasteiger partial charge in [0.1, 0.15) is 11.9 Å². The lowest BCUT2D eigenvalue weighted by Gasteiger charge is -2.20. The Hall–Kier alpha value is -2.36. The molecule has 5 rings (SSSR count). The van der Waals surface area contributed by atoms with E-state index in [9.17, 15) is 8.42 Å². The van der Waals surface area contributed by atoms with E-state index >= 15 is 0 Å². The van der Waals surface area contributed by atoms with E-state index in [0.717, 1.165) is 24.8 Å². The summed E-state index contributed by atoms with van der Waals surface area (Å²) in [5.74, 6) is 0.589. The number of H-pyrrole nitrogens is 1. The number of nitrogens with zero attached hydrogens (tertiary/aromatic N) is 3. The Labute approximate surface area is 162 Å². The maximum atomic E-state index is 12.5. The van der Waals surface area contributed by atoms with E-state index in [1.807, 2.05) is 0 Å². The minimum atomic E-state index is -3.22. The molecule has 2 fully saturated rings. The van der Waals surface area contributed by atoms with Crippen LogP contribution in [-0.2, 0) is 19.3 Å². The second-order valence-electron chi connectivity index (χ2n) is 7.17. The Kier molecular flexibility index (Phi) is 4.37. The van der Waals surface area contributed by atoms with Crippen molar-refractivity contribution in [3.63, 3.8) is 0 Å². The topological polar surface area (TPSA) is 107 Å². The number of aromatic nitrogens is 4. The minimum Gasteiger partial charge on any atom is -0.379 e. The molecule has 1 N–H and O–H groups in total. The number of ether oxygens (including phenoxy) is 2. The molecule has 3 heterocycles. The fraction of sp³-hybridized carbons (Fsp3) is 0.421. The first kappa shape index (κ1) is 17.7. The molecule has 0 spiro atoms. The first-order valence-corrected chi connectivity index (χ1v) is 10.9. The van der Waals surface area contributed by atoms with Gasteiger partial charge >= 0.3 is 0 Å². The lowest BCUT2D eigenvalue weighted by molar-refractivity contribution is -0.000531. The number of rotatable bonds is 6. The van der Waals surface area contributed by atoms with Crippen LogP contribution in [0.2, 0.25) is 0 Å². The van der Waals surface area contributed by atoms with Crippen LogP contribution in [0.5, 0.6) is 0 Å². The number of hydrogen-bond acceptors (Lipinski definition) is 7. The molecule has 1 saturated carbocycles. The van der Waals surface area contributed by atoms with Gasteiger partial charge in [0.15, 0.2) is 21.1 Å². The maximum absolute atomic E-state index is 12.5. The van der Waals surface area contributed by atoms with Gasteiger partial charge in [0.25, 0.3) is 0 Å². The van der Waals surface area contributed by atoms with Crippen molar-refractivity contribution in [2.75, 3.05) is 13.2 Å². The summed E-state index contributed by atoms with van der Waals surface area (Å²) in [6, 6.07) is 6.90. The SMILES string of the molecule is O=S(=O)(c1ccc(C(OC2CCOC2)c2nc3nccnc3[nH]2)cc1)C1CC1. The fourth-order valence-corrected chi connectivity index (χ4v) is 5.06. The van der Waals surface area contributed by atoms with E-state index in [1.165, 1.54) is 0 Å². The second kappa shape index (κ2) is 6.91. The molecule has 1 aromatic carbocycles. The van der Waals surface area contributed by atoms with Gasteiger partial charge in [-0.3, -0.25) is 0 Å². The predicted octanol–water partition coefficient (Wildman–Crippen LogP) is 2.18. The van der Waals surface area contributed by atoms with Crippen LogP contribution in [0.25, 0.3) is 11.3 Å². The van der Waals surface area contributed by atoms with Crippen LogP contribution >= 0.6 is 0 Å². The summed E-state index contributed by atoms with van der Waals surface area (Å²) in [6.07, 6.45) is 4.96. The van der Waals surface area contributed by atoms with Crippen LogP contribution < -0.4 is 0 Å². The molecule has 3 aromatic rings. The largest absolute Gasteiger partial charge is 0.379 e. The van der Waals surface area contributed by atoms with Gasteiger partial charge in [0.05, 0.1) is 22.9 Å². The Bertz CT molecular complexity index is 1050. The van der Waals surface area contributed by atoms with Crippen molar-refractivity contribution in [2.24, 2.45) is 0 Å². The molecule has 146 valence electrons. The average Bonchev–Trinajstić information content (AvgIpc) is 3.30. The molecule has 0 bridgehead atoms. The van der Waals surface area contributed by atoms with Gasteiger partial charge in [0.2, 0.25) is 0 Å². The molecule has 9 heteroatoms.